The fraction of sp³-hybridized carbons (Fsp3) is 0. The van der Waals surface area contributed by atoms with Crippen LogP contribution in [0.2, 0.25) is 0 Å². The Kier molecular flexibility index (Phi) is 2.02. The summed E-state index contributed by atoms with van der Waals surface area (Å²) in [5.41, 5.74) is 1.56. The molecule has 0 atom stereocenters. The molecule has 0 saturated heterocycles. The summed E-state index contributed by atoms with van der Waals surface area (Å²) in [5, 5.41) is 10.4. The van der Waals surface area contributed by atoms with Crippen molar-refractivity contribution in [2.24, 2.45) is 0 Å². The van der Waals surface area contributed by atoms with Gasteiger partial charge in [-0.15, -0.1) is 0 Å². The highest BCUT2D eigenvalue weighted by molar-refractivity contribution is 9.10. The Hall–Kier alpha value is -1.36. The molecule has 0 spiro atoms. The first kappa shape index (κ1) is 8.25. The fourth-order valence-electron chi connectivity index (χ4n) is 1.14. The van der Waals surface area contributed by atoms with Crippen LogP contribution in [0, 0.1) is 0 Å². The predicted octanol–water partition coefficient (Wildman–Crippen LogP) is 1.89. The van der Waals surface area contributed by atoms with Gasteiger partial charge in [0.25, 0.3) is 0 Å². The summed E-state index contributed by atoms with van der Waals surface area (Å²) in [6, 6.07) is 5.50. The van der Waals surface area contributed by atoms with E-state index in [1.807, 2.05) is 12.1 Å². The molecule has 1 aromatic carbocycles. The van der Waals surface area contributed by atoms with Crippen molar-refractivity contribution in [3.05, 3.63) is 22.8 Å². The molecular weight excluding hydrogens is 234 g/mol. The van der Waals surface area contributed by atoms with Crippen LogP contribution in [0.4, 0.5) is 5.69 Å². The minimum Gasteiger partial charge on any atom is -0.329 e. The van der Waals surface area contributed by atoms with Gasteiger partial charge in [0.1, 0.15) is 4.60 Å². The highest BCUT2D eigenvalue weighted by Gasteiger charge is 2.02. The van der Waals surface area contributed by atoms with Crippen molar-refractivity contribution in [2.45, 2.75) is 0 Å². The van der Waals surface area contributed by atoms with E-state index in [0.717, 1.165) is 21.2 Å². The molecular formula is C8H6BrN3O. The Labute approximate surface area is 82.5 Å². The Morgan fingerprint density at radius 1 is 1.54 bits per heavy atom. The number of carbonyl (C=O) groups excluding carboxylic acids is 1. The average Bonchev–Trinajstić information content (AvgIpc) is 2.48. The van der Waals surface area contributed by atoms with E-state index in [4.69, 9.17) is 0 Å². The van der Waals surface area contributed by atoms with E-state index < -0.39 is 0 Å². The third-order valence-electron chi connectivity index (χ3n) is 1.73. The molecule has 2 aromatic rings. The lowest BCUT2D eigenvalue weighted by molar-refractivity contribution is -0.105. The number of carbonyl (C=O) groups is 1. The number of hydrogen-bond acceptors (Lipinski definition) is 2. The van der Waals surface area contributed by atoms with Gasteiger partial charge < -0.3 is 5.32 Å². The van der Waals surface area contributed by atoms with Gasteiger partial charge in [-0.05, 0) is 34.1 Å². The highest BCUT2D eigenvalue weighted by atomic mass is 79.9. The molecule has 1 aromatic heterocycles. The second-order valence-corrected chi connectivity index (χ2v) is 3.32. The molecule has 66 valence electrons. The zero-order valence-corrected chi connectivity index (χ0v) is 8.13. The number of amides is 1. The smallest absolute Gasteiger partial charge is 0.211 e. The molecule has 13 heavy (non-hydrogen) atoms. The first-order chi connectivity index (χ1) is 6.31. The van der Waals surface area contributed by atoms with Crippen LogP contribution in [-0.4, -0.2) is 16.6 Å². The largest absolute Gasteiger partial charge is 0.329 e. The Balaban J connectivity index is 2.56. The molecule has 0 aliphatic rings. The van der Waals surface area contributed by atoms with E-state index in [0.29, 0.717) is 6.41 Å². The van der Waals surface area contributed by atoms with Gasteiger partial charge in [0.2, 0.25) is 6.41 Å². The van der Waals surface area contributed by atoms with Crippen LogP contribution in [0.5, 0.6) is 0 Å². The van der Waals surface area contributed by atoms with Crippen molar-refractivity contribution >= 4 is 38.9 Å². The summed E-state index contributed by atoms with van der Waals surface area (Å²) in [5.74, 6) is 0. The Bertz CT molecular complexity index is 452. The molecule has 2 N–H and O–H groups in total. The number of aromatic nitrogens is 2. The average molecular weight is 240 g/mol. The standard InChI is InChI=1S/C8H6BrN3O/c9-8-6-2-1-5(10-4-13)3-7(6)11-12-8/h1-4H,(H,10,13)(H,11,12). The molecule has 0 aliphatic carbocycles. The topological polar surface area (TPSA) is 57.8 Å². The maximum Gasteiger partial charge on any atom is 0.211 e. The number of halogens is 1. The lowest BCUT2D eigenvalue weighted by atomic mass is 10.2. The summed E-state index contributed by atoms with van der Waals surface area (Å²) < 4.78 is 0.847. The minimum absolute atomic E-state index is 0.642. The third kappa shape index (κ3) is 1.42. The van der Waals surface area contributed by atoms with Crippen LogP contribution in [0.25, 0.3) is 10.9 Å². The van der Waals surface area contributed by atoms with Crippen LogP contribution in [0.3, 0.4) is 0 Å². The van der Waals surface area contributed by atoms with Crippen LogP contribution >= 0.6 is 15.9 Å². The minimum atomic E-state index is 0.642. The first-order valence-corrected chi connectivity index (χ1v) is 4.44. The number of anilines is 1. The van der Waals surface area contributed by atoms with Crippen LogP contribution in [0.1, 0.15) is 0 Å². The van der Waals surface area contributed by atoms with Gasteiger partial charge >= 0.3 is 0 Å². The molecule has 0 saturated carbocycles. The predicted molar refractivity (Wildman–Crippen MR) is 53.5 cm³/mol. The van der Waals surface area contributed by atoms with E-state index in [1.165, 1.54) is 0 Å². The number of hydrogen-bond donors (Lipinski definition) is 2. The van der Waals surface area contributed by atoms with E-state index in [2.05, 4.69) is 31.4 Å². The quantitative estimate of drug-likeness (QED) is 0.787. The van der Waals surface area contributed by atoms with Crippen LogP contribution in [0.15, 0.2) is 22.8 Å². The van der Waals surface area contributed by atoms with Gasteiger partial charge in [0.05, 0.1) is 5.52 Å². The van der Waals surface area contributed by atoms with Crippen LogP contribution < -0.4 is 5.32 Å². The second kappa shape index (κ2) is 3.18. The summed E-state index contributed by atoms with van der Waals surface area (Å²) in [6.45, 7) is 0. The number of nitrogens with one attached hydrogen (secondary N) is 2. The number of benzene rings is 1. The van der Waals surface area contributed by atoms with Gasteiger partial charge in [0.15, 0.2) is 0 Å². The lowest BCUT2D eigenvalue weighted by Gasteiger charge is -1.96. The van der Waals surface area contributed by atoms with Crippen molar-refractivity contribution in [3.63, 3.8) is 0 Å². The maximum atomic E-state index is 10.2. The number of nitrogens with zero attached hydrogens (tertiary/aromatic N) is 1. The number of H-pyrrole nitrogens is 1. The van der Waals surface area contributed by atoms with E-state index >= 15 is 0 Å². The lowest BCUT2D eigenvalue weighted by Crippen LogP contribution is -1.92. The second-order valence-electron chi connectivity index (χ2n) is 2.53. The van der Waals surface area contributed by atoms with Gasteiger partial charge in [-0.3, -0.25) is 9.89 Å². The first-order valence-electron chi connectivity index (χ1n) is 3.65. The molecule has 4 nitrogen and oxygen atoms in total. The summed E-state index contributed by atoms with van der Waals surface area (Å²) in [6.07, 6.45) is 0.642. The van der Waals surface area contributed by atoms with E-state index in [1.54, 1.807) is 6.07 Å². The van der Waals surface area contributed by atoms with Crippen molar-refractivity contribution in [1.29, 1.82) is 0 Å². The molecule has 0 radical (unpaired) electrons. The van der Waals surface area contributed by atoms with Crippen LogP contribution in [-0.2, 0) is 4.79 Å². The van der Waals surface area contributed by atoms with E-state index in [9.17, 15) is 4.79 Å². The van der Waals surface area contributed by atoms with Crippen molar-refractivity contribution < 1.29 is 4.79 Å². The normalized spacial score (nSPS) is 10.2. The summed E-state index contributed by atoms with van der Waals surface area (Å²) in [4.78, 5) is 10.2. The molecule has 1 heterocycles. The monoisotopic (exact) mass is 239 g/mol. The number of fused-ring (bicyclic) bond motifs is 1. The van der Waals surface area contributed by atoms with E-state index in [-0.39, 0.29) is 0 Å². The number of rotatable bonds is 2. The Morgan fingerprint density at radius 3 is 3.15 bits per heavy atom. The van der Waals surface area contributed by atoms with Gasteiger partial charge in [0, 0.05) is 11.1 Å². The molecule has 5 heteroatoms. The fourth-order valence-corrected chi connectivity index (χ4v) is 1.56. The molecule has 2 rings (SSSR count). The zero-order chi connectivity index (χ0) is 9.26. The van der Waals surface area contributed by atoms with Gasteiger partial charge in [-0.1, -0.05) is 0 Å². The summed E-state index contributed by atoms with van der Waals surface area (Å²) >= 11 is 3.32. The Morgan fingerprint density at radius 2 is 2.38 bits per heavy atom. The van der Waals surface area contributed by atoms with Crippen molar-refractivity contribution in [2.75, 3.05) is 5.32 Å². The number of aromatic amines is 1. The highest BCUT2D eigenvalue weighted by Crippen LogP contribution is 2.23. The van der Waals surface area contributed by atoms with Gasteiger partial charge in [-0.2, -0.15) is 5.10 Å². The summed E-state index contributed by atoms with van der Waals surface area (Å²) in [7, 11) is 0. The van der Waals surface area contributed by atoms with Gasteiger partial charge in [-0.25, -0.2) is 0 Å². The molecule has 0 aliphatic heterocycles. The van der Waals surface area contributed by atoms with Crippen molar-refractivity contribution in [1.82, 2.24) is 10.2 Å². The molecule has 0 fully saturated rings. The molecule has 1 amide bonds. The van der Waals surface area contributed by atoms with Crippen molar-refractivity contribution in [3.8, 4) is 0 Å². The third-order valence-corrected chi connectivity index (χ3v) is 2.34. The molecule has 0 unspecified atom stereocenters. The zero-order valence-electron chi connectivity index (χ0n) is 6.54. The maximum absolute atomic E-state index is 10.2. The SMILES string of the molecule is O=CNc1ccc2c(Br)[nH]nc2c1. The molecule has 0 bridgehead atoms.